The van der Waals surface area contributed by atoms with Crippen LogP contribution in [0.25, 0.3) is 0 Å². The molecule has 0 aliphatic carbocycles. The maximum atomic E-state index is 11.4. The van der Waals surface area contributed by atoms with E-state index in [0.717, 1.165) is 5.69 Å². The number of thiazole rings is 1. The fraction of sp³-hybridized carbons (Fsp3) is 0.600. The van der Waals surface area contributed by atoms with Crippen LogP contribution in [-0.4, -0.2) is 16.7 Å². The average molecular weight is 243 g/mol. The van der Waals surface area contributed by atoms with Crippen LogP contribution in [-0.2, 0) is 4.74 Å². The number of carbonyl (C=O) groups excluding carboxylic acids is 1. The Bertz CT molecular complexity index is 368. The van der Waals surface area contributed by atoms with Crippen LogP contribution >= 0.6 is 11.3 Å². The van der Waals surface area contributed by atoms with E-state index in [-0.39, 0.29) is 6.04 Å². The molecule has 1 unspecified atom stereocenters. The second-order valence-electron chi connectivity index (χ2n) is 4.49. The number of nitrogens with two attached hydrogens (primary N) is 1. The number of ether oxygens (including phenoxy) is 1. The van der Waals surface area contributed by atoms with Crippen molar-refractivity contribution in [3.63, 3.8) is 0 Å². The third-order valence-electron chi connectivity index (χ3n) is 1.60. The minimum absolute atomic E-state index is 0.134. The molecule has 0 aliphatic rings. The quantitative estimate of drug-likeness (QED) is 0.836. The Kier molecular flexibility index (Phi) is 3.88. The largest absolute Gasteiger partial charge is 0.444 e. The summed E-state index contributed by atoms with van der Waals surface area (Å²) in [6, 6.07) is -0.134. The molecule has 1 atom stereocenters. The van der Waals surface area contributed by atoms with Gasteiger partial charge in [0, 0.05) is 11.4 Å². The molecular weight excluding hydrogens is 226 g/mol. The lowest BCUT2D eigenvalue weighted by Crippen LogP contribution is -2.27. The number of amides is 1. The summed E-state index contributed by atoms with van der Waals surface area (Å²) < 4.78 is 5.10. The highest BCUT2D eigenvalue weighted by atomic mass is 32.1. The van der Waals surface area contributed by atoms with Gasteiger partial charge in [0.15, 0.2) is 5.13 Å². The number of hydrogen-bond acceptors (Lipinski definition) is 5. The molecule has 0 saturated carbocycles. The molecule has 1 aromatic heterocycles. The summed E-state index contributed by atoms with van der Waals surface area (Å²) in [7, 11) is 0. The third kappa shape index (κ3) is 4.16. The first-order valence-corrected chi connectivity index (χ1v) is 5.87. The van der Waals surface area contributed by atoms with Gasteiger partial charge in [0.2, 0.25) is 0 Å². The summed E-state index contributed by atoms with van der Waals surface area (Å²) in [5.74, 6) is 0. The minimum atomic E-state index is -0.509. The maximum absolute atomic E-state index is 11.4. The van der Waals surface area contributed by atoms with Crippen LogP contribution in [0.3, 0.4) is 0 Å². The van der Waals surface area contributed by atoms with E-state index < -0.39 is 11.7 Å². The van der Waals surface area contributed by atoms with Gasteiger partial charge in [-0.05, 0) is 27.7 Å². The second-order valence-corrected chi connectivity index (χ2v) is 5.35. The summed E-state index contributed by atoms with van der Waals surface area (Å²) in [4.78, 5) is 15.6. The Morgan fingerprint density at radius 2 is 2.25 bits per heavy atom. The molecule has 1 rings (SSSR count). The average Bonchev–Trinajstić information content (AvgIpc) is 2.48. The van der Waals surface area contributed by atoms with Gasteiger partial charge in [-0.1, -0.05) is 0 Å². The van der Waals surface area contributed by atoms with Crippen LogP contribution in [0.15, 0.2) is 5.38 Å². The topological polar surface area (TPSA) is 77.2 Å². The van der Waals surface area contributed by atoms with Gasteiger partial charge in [-0.2, -0.15) is 0 Å². The Morgan fingerprint density at radius 1 is 1.62 bits per heavy atom. The van der Waals surface area contributed by atoms with Crippen LogP contribution in [0, 0.1) is 0 Å². The van der Waals surface area contributed by atoms with Gasteiger partial charge in [0.05, 0.1) is 5.69 Å². The Hall–Kier alpha value is -1.14. The number of carbonyl (C=O) groups is 1. The normalized spacial score (nSPS) is 13.3. The third-order valence-corrected chi connectivity index (χ3v) is 2.37. The summed E-state index contributed by atoms with van der Waals surface area (Å²) in [6.45, 7) is 7.26. The van der Waals surface area contributed by atoms with Gasteiger partial charge in [-0.3, -0.25) is 5.32 Å². The van der Waals surface area contributed by atoms with Crippen LogP contribution in [0.2, 0.25) is 0 Å². The molecule has 90 valence electrons. The molecule has 0 aliphatic heterocycles. The molecule has 5 nitrogen and oxygen atoms in total. The highest BCUT2D eigenvalue weighted by molar-refractivity contribution is 7.13. The highest BCUT2D eigenvalue weighted by Crippen LogP contribution is 2.20. The molecule has 16 heavy (non-hydrogen) atoms. The number of aromatic nitrogens is 1. The van der Waals surface area contributed by atoms with Crippen LogP contribution in [0.1, 0.15) is 39.4 Å². The van der Waals surface area contributed by atoms with E-state index in [0.29, 0.717) is 5.13 Å². The minimum Gasteiger partial charge on any atom is -0.444 e. The molecule has 0 saturated heterocycles. The summed E-state index contributed by atoms with van der Waals surface area (Å²) in [5, 5.41) is 4.88. The summed E-state index contributed by atoms with van der Waals surface area (Å²) in [5.41, 5.74) is 5.91. The van der Waals surface area contributed by atoms with Gasteiger partial charge in [-0.25, -0.2) is 9.78 Å². The predicted molar refractivity (Wildman–Crippen MR) is 64.6 cm³/mol. The van der Waals surface area contributed by atoms with E-state index in [2.05, 4.69) is 10.3 Å². The number of rotatable bonds is 2. The van der Waals surface area contributed by atoms with E-state index in [1.165, 1.54) is 11.3 Å². The molecule has 1 aromatic rings. The summed E-state index contributed by atoms with van der Waals surface area (Å²) in [6.07, 6.45) is -0.502. The molecule has 0 aromatic carbocycles. The smallest absolute Gasteiger partial charge is 0.413 e. The number of nitrogens with zero attached hydrogens (tertiary/aromatic N) is 1. The zero-order valence-corrected chi connectivity index (χ0v) is 10.7. The van der Waals surface area contributed by atoms with E-state index in [9.17, 15) is 4.79 Å². The number of nitrogens with one attached hydrogen (secondary N) is 1. The number of anilines is 1. The first kappa shape index (κ1) is 12.9. The van der Waals surface area contributed by atoms with Crippen molar-refractivity contribution in [2.75, 3.05) is 5.32 Å². The molecule has 3 N–H and O–H groups in total. The van der Waals surface area contributed by atoms with Crippen molar-refractivity contribution in [1.82, 2.24) is 4.98 Å². The van der Waals surface area contributed by atoms with Gasteiger partial charge < -0.3 is 10.5 Å². The fourth-order valence-corrected chi connectivity index (χ4v) is 1.74. The van der Waals surface area contributed by atoms with Gasteiger partial charge in [-0.15, -0.1) is 11.3 Å². The van der Waals surface area contributed by atoms with E-state index in [1.807, 2.05) is 33.1 Å². The zero-order chi connectivity index (χ0) is 12.3. The Labute approximate surface area is 99.0 Å². The molecule has 0 radical (unpaired) electrons. The molecule has 0 bridgehead atoms. The molecule has 1 amide bonds. The van der Waals surface area contributed by atoms with Crippen LogP contribution in [0.4, 0.5) is 9.93 Å². The van der Waals surface area contributed by atoms with Crippen molar-refractivity contribution >= 4 is 22.6 Å². The lowest BCUT2D eigenvalue weighted by Gasteiger charge is -2.18. The van der Waals surface area contributed by atoms with Gasteiger partial charge in [0.1, 0.15) is 5.60 Å². The lowest BCUT2D eigenvalue weighted by molar-refractivity contribution is 0.0636. The summed E-state index contributed by atoms with van der Waals surface area (Å²) >= 11 is 1.33. The van der Waals surface area contributed by atoms with Gasteiger partial charge in [0.25, 0.3) is 0 Å². The van der Waals surface area contributed by atoms with Crippen molar-refractivity contribution < 1.29 is 9.53 Å². The standard InChI is InChI=1S/C10H17N3O2S/c1-6(11)7-5-16-8(12-7)13-9(14)15-10(2,3)4/h5-6H,11H2,1-4H3,(H,12,13,14). The van der Waals surface area contributed by atoms with Crippen molar-refractivity contribution in [3.8, 4) is 0 Å². The molecule has 0 spiro atoms. The maximum Gasteiger partial charge on any atom is 0.413 e. The molecular formula is C10H17N3O2S. The van der Waals surface area contributed by atoms with Crippen molar-refractivity contribution in [2.24, 2.45) is 5.73 Å². The molecule has 1 heterocycles. The molecule has 0 fully saturated rings. The Morgan fingerprint density at radius 3 is 2.69 bits per heavy atom. The highest BCUT2D eigenvalue weighted by Gasteiger charge is 2.17. The van der Waals surface area contributed by atoms with Crippen LogP contribution in [0.5, 0.6) is 0 Å². The fourth-order valence-electron chi connectivity index (χ4n) is 0.944. The lowest BCUT2D eigenvalue weighted by atomic mass is 10.2. The first-order valence-electron chi connectivity index (χ1n) is 4.99. The SMILES string of the molecule is CC(N)c1csc(NC(=O)OC(C)(C)C)n1. The monoisotopic (exact) mass is 243 g/mol. The zero-order valence-electron chi connectivity index (χ0n) is 9.90. The van der Waals surface area contributed by atoms with Crippen molar-refractivity contribution in [1.29, 1.82) is 0 Å². The number of hydrogen-bond donors (Lipinski definition) is 2. The van der Waals surface area contributed by atoms with E-state index in [1.54, 1.807) is 0 Å². The second kappa shape index (κ2) is 4.80. The van der Waals surface area contributed by atoms with Gasteiger partial charge >= 0.3 is 6.09 Å². The van der Waals surface area contributed by atoms with Crippen LogP contribution < -0.4 is 11.1 Å². The van der Waals surface area contributed by atoms with Crippen molar-refractivity contribution in [2.45, 2.75) is 39.3 Å². The molecule has 6 heteroatoms. The Balaban J connectivity index is 2.57. The predicted octanol–water partition coefficient (Wildman–Crippen LogP) is 2.51. The van der Waals surface area contributed by atoms with Crippen molar-refractivity contribution in [3.05, 3.63) is 11.1 Å². The first-order chi connectivity index (χ1) is 7.28. The van der Waals surface area contributed by atoms with E-state index >= 15 is 0 Å². The van der Waals surface area contributed by atoms with E-state index in [4.69, 9.17) is 10.5 Å².